The fourth-order valence-electron chi connectivity index (χ4n) is 2.98. The van der Waals surface area contributed by atoms with E-state index >= 15 is 0 Å². The minimum absolute atomic E-state index is 0.490. The van der Waals surface area contributed by atoms with Crippen LogP contribution in [0.25, 0.3) is 22.6 Å². The first-order valence-electron chi connectivity index (χ1n) is 8.47. The molecule has 0 saturated carbocycles. The summed E-state index contributed by atoms with van der Waals surface area (Å²) in [5.74, 6) is 0.580. The summed E-state index contributed by atoms with van der Waals surface area (Å²) in [4.78, 5) is 9.15. The number of aliphatic imine (C=N–C) groups is 1. The molecule has 0 bridgehead atoms. The van der Waals surface area contributed by atoms with Crippen molar-refractivity contribution in [3.8, 4) is 11.5 Å². The molecular formula is C22H16Cl2N2O. The zero-order chi connectivity index (χ0) is 19.0. The second kappa shape index (κ2) is 7.18. The van der Waals surface area contributed by atoms with Gasteiger partial charge in [0.1, 0.15) is 5.52 Å². The summed E-state index contributed by atoms with van der Waals surface area (Å²) in [5, 5.41) is 0.996. The minimum atomic E-state index is 0.490. The van der Waals surface area contributed by atoms with Gasteiger partial charge in [-0.2, -0.15) is 0 Å². The van der Waals surface area contributed by atoms with Crippen LogP contribution in [0.15, 0.2) is 64.0 Å². The first-order chi connectivity index (χ1) is 13.0. The second-order valence-corrected chi connectivity index (χ2v) is 7.19. The summed E-state index contributed by atoms with van der Waals surface area (Å²) >= 11 is 12.3. The van der Waals surface area contributed by atoms with Gasteiger partial charge < -0.3 is 4.42 Å². The van der Waals surface area contributed by atoms with Crippen molar-refractivity contribution in [3.63, 3.8) is 0 Å². The molecule has 4 aromatic rings. The summed E-state index contributed by atoms with van der Waals surface area (Å²) in [5.41, 5.74) is 6.33. The van der Waals surface area contributed by atoms with Crippen molar-refractivity contribution in [1.82, 2.24) is 4.98 Å². The smallest absolute Gasteiger partial charge is 0.227 e. The molecule has 0 spiro atoms. The van der Waals surface area contributed by atoms with Crippen LogP contribution in [0.4, 0.5) is 5.69 Å². The van der Waals surface area contributed by atoms with Gasteiger partial charge >= 0.3 is 0 Å². The highest BCUT2D eigenvalue weighted by Gasteiger charge is 2.11. The molecule has 3 aromatic carbocycles. The Labute approximate surface area is 167 Å². The summed E-state index contributed by atoms with van der Waals surface area (Å²) in [6.07, 6.45) is 1.70. The van der Waals surface area contributed by atoms with Crippen molar-refractivity contribution in [1.29, 1.82) is 0 Å². The molecule has 4 rings (SSSR count). The number of hydrogen-bond acceptors (Lipinski definition) is 3. The maximum atomic E-state index is 6.21. The molecule has 27 heavy (non-hydrogen) atoms. The van der Waals surface area contributed by atoms with Crippen molar-refractivity contribution in [2.75, 3.05) is 0 Å². The number of aryl methyl sites for hydroxylation is 2. The van der Waals surface area contributed by atoms with E-state index in [1.165, 1.54) is 0 Å². The van der Waals surface area contributed by atoms with Crippen molar-refractivity contribution in [2.45, 2.75) is 13.8 Å². The highest BCUT2D eigenvalue weighted by Crippen LogP contribution is 2.30. The number of nitrogens with zero attached hydrogens (tertiary/aromatic N) is 2. The Morgan fingerprint density at radius 2 is 1.81 bits per heavy atom. The number of aromatic nitrogens is 1. The van der Waals surface area contributed by atoms with E-state index in [0.717, 1.165) is 39.0 Å². The van der Waals surface area contributed by atoms with Crippen molar-refractivity contribution in [3.05, 3.63) is 81.3 Å². The maximum Gasteiger partial charge on any atom is 0.227 e. The molecule has 1 aromatic heterocycles. The number of hydrogen-bond donors (Lipinski definition) is 0. The van der Waals surface area contributed by atoms with Crippen molar-refractivity contribution >= 4 is 46.2 Å². The van der Waals surface area contributed by atoms with E-state index < -0.39 is 0 Å². The summed E-state index contributed by atoms with van der Waals surface area (Å²) < 4.78 is 5.99. The lowest BCUT2D eigenvalue weighted by Crippen LogP contribution is -1.83. The van der Waals surface area contributed by atoms with Crippen LogP contribution >= 0.6 is 23.2 Å². The van der Waals surface area contributed by atoms with Crippen molar-refractivity contribution < 1.29 is 4.42 Å². The van der Waals surface area contributed by atoms with Crippen LogP contribution in [0.3, 0.4) is 0 Å². The van der Waals surface area contributed by atoms with E-state index in [1.807, 2.05) is 49.4 Å². The Bertz CT molecular complexity index is 1180. The predicted octanol–water partition coefficient (Wildman–Crippen LogP) is 7.17. The van der Waals surface area contributed by atoms with Gasteiger partial charge in [0.2, 0.25) is 5.89 Å². The van der Waals surface area contributed by atoms with E-state index in [4.69, 9.17) is 27.6 Å². The van der Waals surface area contributed by atoms with Gasteiger partial charge in [0.15, 0.2) is 5.58 Å². The van der Waals surface area contributed by atoms with Crippen LogP contribution in [0, 0.1) is 13.8 Å². The molecule has 0 unspecified atom stereocenters. The fraction of sp³-hybridized carbons (Fsp3) is 0.0909. The molecule has 0 aliphatic rings. The van der Waals surface area contributed by atoms with E-state index in [0.29, 0.717) is 15.9 Å². The number of halogens is 2. The van der Waals surface area contributed by atoms with Crippen LogP contribution in [-0.2, 0) is 0 Å². The Hall–Kier alpha value is -2.62. The van der Waals surface area contributed by atoms with Gasteiger partial charge in [-0.1, -0.05) is 47.5 Å². The van der Waals surface area contributed by atoms with Crippen LogP contribution in [0.2, 0.25) is 10.0 Å². The number of rotatable bonds is 3. The Morgan fingerprint density at radius 1 is 1.00 bits per heavy atom. The first kappa shape index (κ1) is 17.8. The average Bonchev–Trinajstić information content (AvgIpc) is 3.08. The molecule has 0 N–H and O–H groups in total. The standard InChI is InChI=1S/C22H16Cl2N2O/c1-13-9-14(2)21-19(10-13)26-22(27-21)15-5-3-7-17(11-15)25-12-16-6-4-8-18(23)20(16)24/h3-12H,1-2H3. The van der Waals surface area contributed by atoms with Crippen LogP contribution in [0.5, 0.6) is 0 Å². The normalized spacial score (nSPS) is 11.6. The monoisotopic (exact) mass is 394 g/mol. The summed E-state index contributed by atoms with van der Waals surface area (Å²) in [6.45, 7) is 4.08. The number of oxazole rings is 1. The molecule has 0 saturated heterocycles. The molecule has 0 aliphatic heterocycles. The fourth-order valence-corrected chi connectivity index (χ4v) is 3.34. The van der Waals surface area contributed by atoms with Crippen LogP contribution in [-0.4, -0.2) is 11.2 Å². The molecular weight excluding hydrogens is 379 g/mol. The van der Waals surface area contributed by atoms with Crippen LogP contribution < -0.4 is 0 Å². The largest absolute Gasteiger partial charge is 0.436 e. The van der Waals surface area contributed by atoms with E-state index in [1.54, 1.807) is 12.3 Å². The molecule has 5 heteroatoms. The number of benzene rings is 3. The number of fused-ring (bicyclic) bond motifs is 1. The molecule has 1 heterocycles. The highest BCUT2D eigenvalue weighted by molar-refractivity contribution is 6.43. The molecule has 0 fully saturated rings. The average molecular weight is 395 g/mol. The Morgan fingerprint density at radius 3 is 2.67 bits per heavy atom. The van der Waals surface area contributed by atoms with E-state index in [-0.39, 0.29) is 0 Å². The van der Waals surface area contributed by atoms with Crippen LogP contribution in [0.1, 0.15) is 16.7 Å². The van der Waals surface area contributed by atoms with E-state index in [2.05, 4.69) is 23.0 Å². The van der Waals surface area contributed by atoms with Gasteiger partial charge in [-0.25, -0.2) is 4.98 Å². The SMILES string of the molecule is Cc1cc(C)c2oc(-c3cccc(N=Cc4cccc(Cl)c4Cl)c3)nc2c1. The molecule has 134 valence electrons. The lowest BCUT2D eigenvalue weighted by atomic mass is 10.1. The molecule has 0 aliphatic carbocycles. The van der Waals surface area contributed by atoms with Gasteiger partial charge in [0.05, 0.1) is 15.7 Å². The molecule has 0 amide bonds. The Balaban J connectivity index is 1.70. The molecule has 3 nitrogen and oxygen atoms in total. The van der Waals surface area contributed by atoms with Gasteiger partial charge in [0.25, 0.3) is 0 Å². The second-order valence-electron chi connectivity index (χ2n) is 6.40. The summed E-state index contributed by atoms with van der Waals surface area (Å²) in [7, 11) is 0. The lowest BCUT2D eigenvalue weighted by Gasteiger charge is -2.01. The third-order valence-corrected chi connectivity index (χ3v) is 5.08. The molecule has 0 atom stereocenters. The topological polar surface area (TPSA) is 38.4 Å². The van der Waals surface area contributed by atoms with Gasteiger partial charge in [0, 0.05) is 17.3 Å². The highest BCUT2D eigenvalue weighted by atomic mass is 35.5. The third kappa shape index (κ3) is 3.61. The maximum absolute atomic E-state index is 6.21. The first-order valence-corrected chi connectivity index (χ1v) is 9.23. The zero-order valence-corrected chi connectivity index (χ0v) is 16.3. The van der Waals surface area contributed by atoms with Gasteiger partial charge in [-0.3, -0.25) is 4.99 Å². The van der Waals surface area contributed by atoms with Gasteiger partial charge in [-0.05, 0) is 55.3 Å². The predicted molar refractivity (Wildman–Crippen MR) is 113 cm³/mol. The van der Waals surface area contributed by atoms with Gasteiger partial charge in [-0.15, -0.1) is 0 Å². The summed E-state index contributed by atoms with van der Waals surface area (Å²) in [6, 6.07) is 17.3. The third-order valence-electron chi connectivity index (χ3n) is 4.25. The Kier molecular flexibility index (Phi) is 4.73. The van der Waals surface area contributed by atoms with E-state index in [9.17, 15) is 0 Å². The zero-order valence-electron chi connectivity index (χ0n) is 14.8. The lowest BCUT2D eigenvalue weighted by molar-refractivity contribution is 0.617. The quantitative estimate of drug-likeness (QED) is 0.345. The minimum Gasteiger partial charge on any atom is -0.436 e. The molecule has 0 radical (unpaired) electrons. The van der Waals surface area contributed by atoms with Crippen molar-refractivity contribution in [2.24, 2.45) is 4.99 Å².